The third kappa shape index (κ3) is 2.92. The first-order valence-corrected chi connectivity index (χ1v) is 6.99. The number of hydrogen-bond donors (Lipinski definition) is 1. The van der Waals surface area contributed by atoms with Crippen molar-refractivity contribution in [1.29, 1.82) is 0 Å². The van der Waals surface area contributed by atoms with Gasteiger partial charge in [-0.2, -0.15) is 5.10 Å². The molecule has 2 heterocycles. The van der Waals surface area contributed by atoms with Crippen LogP contribution in [-0.4, -0.2) is 33.2 Å². The van der Waals surface area contributed by atoms with Crippen LogP contribution in [0.5, 0.6) is 0 Å². The summed E-state index contributed by atoms with van der Waals surface area (Å²) in [7, 11) is 1.84. The average Bonchev–Trinajstić information content (AvgIpc) is 2.58. The molecule has 1 aliphatic heterocycles. The number of likely N-dealkylation sites (tertiary alicyclic amines) is 1. The fourth-order valence-corrected chi connectivity index (χ4v) is 2.92. The number of carbonyl (C=O) groups excluding carboxylic acids is 1. The molecule has 106 valence electrons. The second kappa shape index (κ2) is 5.51. The molecule has 0 radical (unpaired) electrons. The van der Waals surface area contributed by atoms with Crippen molar-refractivity contribution in [3.05, 3.63) is 16.4 Å². The summed E-state index contributed by atoms with van der Waals surface area (Å²) in [5.41, 5.74) is 7.41. The highest BCUT2D eigenvalue weighted by atomic mass is 35.5. The van der Waals surface area contributed by atoms with E-state index in [1.165, 1.54) is 0 Å². The van der Waals surface area contributed by atoms with Gasteiger partial charge in [0.05, 0.1) is 11.6 Å². The Morgan fingerprint density at radius 1 is 1.53 bits per heavy atom. The minimum absolute atomic E-state index is 0.0491. The van der Waals surface area contributed by atoms with Crippen LogP contribution in [0.3, 0.4) is 0 Å². The third-order valence-corrected chi connectivity index (χ3v) is 4.52. The summed E-state index contributed by atoms with van der Waals surface area (Å²) in [6, 6.07) is 0.436. The summed E-state index contributed by atoms with van der Waals surface area (Å²) < 4.78 is 1.69. The predicted octanol–water partition coefficient (Wildman–Crippen LogP) is 1.47. The Morgan fingerprint density at radius 2 is 2.21 bits per heavy atom. The number of nitrogens with two attached hydrogens (primary N) is 1. The quantitative estimate of drug-likeness (QED) is 0.914. The molecular formula is C13H21ClN4O. The van der Waals surface area contributed by atoms with E-state index in [-0.39, 0.29) is 11.8 Å². The Morgan fingerprint density at radius 3 is 2.74 bits per heavy atom. The third-order valence-electron chi connectivity index (χ3n) is 4.04. The molecule has 2 rings (SSSR count). The number of piperidine rings is 1. The van der Waals surface area contributed by atoms with Gasteiger partial charge in [-0.05, 0) is 26.7 Å². The Balaban J connectivity index is 2.14. The number of rotatable bonds is 3. The molecule has 1 aromatic rings. The van der Waals surface area contributed by atoms with Crippen molar-refractivity contribution in [2.75, 3.05) is 6.54 Å². The highest BCUT2D eigenvalue weighted by Crippen LogP contribution is 2.27. The van der Waals surface area contributed by atoms with Crippen molar-refractivity contribution >= 4 is 17.5 Å². The Hall–Kier alpha value is -1.07. The van der Waals surface area contributed by atoms with Crippen molar-refractivity contribution in [1.82, 2.24) is 14.7 Å². The lowest BCUT2D eigenvalue weighted by molar-refractivity contribution is -0.124. The SMILES string of the molecule is Cc1nn(C)c(Cl)c1CN1CC(C(N)=O)CCC1C. The van der Waals surface area contributed by atoms with E-state index in [0.717, 1.165) is 30.6 Å². The number of primary amides is 1. The van der Waals surface area contributed by atoms with Crippen molar-refractivity contribution in [3.63, 3.8) is 0 Å². The van der Waals surface area contributed by atoms with Crippen LogP contribution in [0.25, 0.3) is 0 Å². The minimum atomic E-state index is -0.203. The highest BCUT2D eigenvalue weighted by molar-refractivity contribution is 6.30. The molecule has 0 aliphatic carbocycles. The van der Waals surface area contributed by atoms with Gasteiger partial charge in [0.25, 0.3) is 0 Å². The van der Waals surface area contributed by atoms with E-state index in [0.29, 0.717) is 17.7 Å². The highest BCUT2D eigenvalue weighted by Gasteiger charge is 2.29. The second-order valence-corrected chi connectivity index (χ2v) is 5.79. The van der Waals surface area contributed by atoms with E-state index in [1.807, 2.05) is 14.0 Å². The van der Waals surface area contributed by atoms with Crippen LogP contribution in [0.1, 0.15) is 31.0 Å². The summed E-state index contributed by atoms with van der Waals surface area (Å²) in [6.07, 6.45) is 1.87. The van der Waals surface area contributed by atoms with Crippen LogP contribution in [0.2, 0.25) is 5.15 Å². The number of aromatic nitrogens is 2. The lowest BCUT2D eigenvalue weighted by atomic mass is 9.92. The lowest BCUT2D eigenvalue weighted by Crippen LogP contribution is -2.45. The normalized spacial score (nSPS) is 24.6. The molecule has 0 saturated carbocycles. The molecule has 6 heteroatoms. The zero-order valence-electron chi connectivity index (χ0n) is 11.7. The van der Waals surface area contributed by atoms with Crippen molar-refractivity contribution in [3.8, 4) is 0 Å². The molecule has 1 fully saturated rings. The minimum Gasteiger partial charge on any atom is -0.369 e. The topological polar surface area (TPSA) is 64.2 Å². The van der Waals surface area contributed by atoms with Gasteiger partial charge in [-0.15, -0.1) is 0 Å². The van der Waals surface area contributed by atoms with E-state index >= 15 is 0 Å². The number of aryl methyl sites for hydroxylation is 2. The first kappa shape index (κ1) is 14.3. The number of carbonyl (C=O) groups is 1. The van der Waals surface area contributed by atoms with Gasteiger partial charge in [0.2, 0.25) is 5.91 Å². The van der Waals surface area contributed by atoms with Gasteiger partial charge < -0.3 is 5.73 Å². The van der Waals surface area contributed by atoms with Crippen LogP contribution in [0.15, 0.2) is 0 Å². The maximum absolute atomic E-state index is 11.4. The molecule has 0 aromatic carbocycles. The van der Waals surface area contributed by atoms with E-state index in [9.17, 15) is 4.79 Å². The zero-order chi connectivity index (χ0) is 14.2. The molecule has 2 unspecified atom stereocenters. The largest absolute Gasteiger partial charge is 0.369 e. The fraction of sp³-hybridized carbons (Fsp3) is 0.692. The molecule has 1 aliphatic rings. The van der Waals surface area contributed by atoms with Crippen LogP contribution in [0.4, 0.5) is 0 Å². The molecule has 1 aromatic heterocycles. The predicted molar refractivity (Wildman–Crippen MR) is 74.7 cm³/mol. The van der Waals surface area contributed by atoms with Gasteiger partial charge in [0.1, 0.15) is 5.15 Å². The van der Waals surface area contributed by atoms with E-state index in [2.05, 4.69) is 16.9 Å². The first-order chi connectivity index (χ1) is 8.90. The smallest absolute Gasteiger partial charge is 0.221 e. The Bertz CT molecular complexity index is 485. The molecule has 0 bridgehead atoms. The van der Waals surface area contributed by atoms with Gasteiger partial charge in [-0.1, -0.05) is 11.6 Å². The van der Waals surface area contributed by atoms with Crippen LogP contribution < -0.4 is 5.73 Å². The lowest BCUT2D eigenvalue weighted by Gasteiger charge is -2.36. The maximum Gasteiger partial charge on any atom is 0.221 e. The summed E-state index contributed by atoms with van der Waals surface area (Å²) in [4.78, 5) is 13.6. The first-order valence-electron chi connectivity index (χ1n) is 6.61. The maximum atomic E-state index is 11.4. The van der Waals surface area contributed by atoms with E-state index in [1.54, 1.807) is 4.68 Å². The Labute approximate surface area is 118 Å². The van der Waals surface area contributed by atoms with Crippen LogP contribution >= 0.6 is 11.6 Å². The summed E-state index contributed by atoms with van der Waals surface area (Å²) in [6.45, 7) is 5.57. The summed E-state index contributed by atoms with van der Waals surface area (Å²) in [5.74, 6) is -0.252. The monoisotopic (exact) mass is 284 g/mol. The molecule has 2 atom stereocenters. The fourth-order valence-electron chi connectivity index (χ4n) is 2.69. The summed E-state index contributed by atoms with van der Waals surface area (Å²) in [5, 5.41) is 4.99. The molecular weight excluding hydrogens is 264 g/mol. The molecule has 19 heavy (non-hydrogen) atoms. The van der Waals surface area contributed by atoms with Gasteiger partial charge in [0.15, 0.2) is 0 Å². The van der Waals surface area contributed by atoms with Crippen molar-refractivity contribution < 1.29 is 4.79 Å². The van der Waals surface area contributed by atoms with Crippen LogP contribution in [-0.2, 0) is 18.4 Å². The average molecular weight is 285 g/mol. The molecule has 1 saturated heterocycles. The van der Waals surface area contributed by atoms with Gasteiger partial charge in [-0.3, -0.25) is 14.4 Å². The number of amides is 1. The van der Waals surface area contributed by atoms with Crippen molar-refractivity contribution in [2.24, 2.45) is 18.7 Å². The van der Waals surface area contributed by atoms with Gasteiger partial charge >= 0.3 is 0 Å². The standard InChI is InChI=1S/C13H21ClN4O/c1-8-4-5-10(13(15)19)6-18(8)7-11-9(2)16-17(3)12(11)14/h8,10H,4-7H2,1-3H3,(H2,15,19). The van der Waals surface area contributed by atoms with Gasteiger partial charge in [-0.25, -0.2) is 0 Å². The van der Waals surface area contributed by atoms with Crippen molar-refractivity contribution in [2.45, 2.75) is 39.3 Å². The van der Waals surface area contributed by atoms with E-state index in [4.69, 9.17) is 17.3 Å². The number of nitrogens with zero attached hydrogens (tertiary/aromatic N) is 3. The van der Waals surface area contributed by atoms with Crippen LogP contribution in [0, 0.1) is 12.8 Å². The molecule has 0 spiro atoms. The second-order valence-electron chi connectivity index (χ2n) is 5.43. The number of hydrogen-bond acceptors (Lipinski definition) is 3. The Kier molecular flexibility index (Phi) is 4.16. The summed E-state index contributed by atoms with van der Waals surface area (Å²) >= 11 is 6.26. The molecule has 2 N–H and O–H groups in total. The van der Waals surface area contributed by atoms with E-state index < -0.39 is 0 Å². The van der Waals surface area contributed by atoms with Gasteiger partial charge in [0, 0.05) is 31.7 Å². The zero-order valence-corrected chi connectivity index (χ0v) is 12.4. The molecule has 1 amide bonds. The number of halogens is 1. The molecule has 5 nitrogen and oxygen atoms in total.